The van der Waals surface area contributed by atoms with Crippen molar-refractivity contribution < 1.29 is 26.4 Å². The van der Waals surface area contributed by atoms with Crippen LogP contribution in [0.25, 0.3) is 0 Å². The van der Waals surface area contributed by atoms with Gasteiger partial charge in [0, 0.05) is 0 Å². The van der Waals surface area contributed by atoms with Crippen LogP contribution in [0.3, 0.4) is 0 Å². The van der Waals surface area contributed by atoms with Crippen molar-refractivity contribution in [1.29, 1.82) is 0 Å². The van der Waals surface area contributed by atoms with Crippen LogP contribution in [0.1, 0.15) is 0 Å². The van der Waals surface area contributed by atoms with Crippen LogP contribution >= 0.6 is 11.6 Å². The highest BCUT2D eigenvalue weighted by atomic mass is 35.5. The van der Waals surface area contributed by atoms with Gasteiger partial charge >= 0.3 is 5.51 Å². The fraction of sp³-hybridized carbons (Fsp3) is 0.125. The first-order valence-electron chi connectivity index (χ1n) is 3.89. The minimum absolute atomic E-state index is 0.164. The molecule has 4 nitrogen and oxygen atoms in total. The maximum atomic E-state index is 12.2. The van der Waals surface area contributed by atoms with Crippen LogP contribution in [0.15, 0.2) is 28.1 Å². The summed E-state index contributed by atoms with van der Waals surface area (Å²) in [6, 6.07) is 2.11. The Morgan fingerprint density at radius 3 is 2.29 bits per heavy atom. The van der Waals surface area contributed by atoms with Gasteiger partial charge in [-0.15, -0.1) is 0 Å². The van der Waals surface area contributed by atoms with Gasteiger partial charge < -0.3 is 0 Å². The number of carbonyl (C=O) groups excluding carboxylic acids is 1. The largest absolute Gasteiger partial charge is 0.501 e. The van der Waals surface area contributed by atoms with Gasteiger partial charge in [-0.1, -0.05) is 11.6 Å². The second-order valence-electron chi connectivity index (χ2n) is 2.77. The van der Waals surface area contributed by atoms with E-state index in [-0.39, 0.29) is 5.69 Å². The van der Waals surface area contributed by atoms with Gasteiger partial charge in [0.2, 0.25) is 6.08 Å². The van der Waals surface area contributed by atoms with Gasteiger partial charge in [0.05, 0.1) is 15.6 Å². The molecule has 0 amide bonds. The molecule has 0 aliphatic heterocycles. The molecule has 0 aliphatic rings. The minimum atomic E-state index is -5.46. The van der Waals surface area contributed by atoms with E-state index in [9.17, 15) is 26.4 Å². The number of sulfone groups is 1. The zero-order valence-corrected chi connectivity index (χ0v) is 9.40. The Hall–Kier alpha value is -1.37. The molecule has 0 unspecified atom stereocenters. The highest BCUT2D eigenvalue weighted by molar-refractivity contribution is 7.92. The topological polar surface area (TPSA) is 63.6 Å². The molecule has 0 atom stereocenters. The standard InChI is InChI=1S/C8H3ClF3NO3S/c9-6-3-5(1-2-7(6)13-4-14)17(15,16)8(10,11)12/h1-3H. The molecule has 0 fully saturated rings. The molecule has 0 N–H and O–H groups in total. The van der Waals surface area contributed by atoms with Crippen molar-refractivity contribution in [3.05, 3.63) is 23.2 Å². The summed E-state index contributed by atoms with van der Waals surface area (Å²) in [6.45, 7) is 0. The monoisotopic (exact) mass is 285 g/mol. The van der Waals surface area contributed by atoms with Gasteiger partial charge in [-0.3, -0.25) is 0 Å². The number of hydrogen-bond donors (Lipinski definition) is 0. The molecular weight excluding hydrogens is 283 g/mol. The van der Waals surface area contributed by atoms with Crippen LogP contribution < -0.4 is 0 Å². The summed E-state index contributed by atoms with van der Waals surface area (Å²) in [5.74, 6) is 0. The lowest BCUT2D eigenvalue weighted by Crippen LogP contribution is -2.23. The quantitative estimate of drug-likeness (QED) is 0.620. The number of benzene rings is 1. The third-order valence-corrected chi connectivity index (χ3v) is 3.49. The van der Waals surface area contributed by atoms with E-state index in [1.807, 2.05) is 0 Å². The molecule has 0 heterocycles. The number of halogens is 4. The highest BCUT2D eigenvalue weighted by Crippen LogP contribution is 2.34. The van der Waals surface area contributed by atoms with Crippen LogP contribution in [-0.4, -0.2) is 20.0 Å². The molecule has 0 spiro atoms. The van der Waals surface area contributed by atoms with E-state index in [0.717, 1.165) is 12.1 Å². The van der Waals surface area contributed by atoms with E-state index < -0.39 is 25.3 Å². The van der Waals surface area contributed by atoms with Gasteiger partial charge in [-0.25, -0.2) is 13.2 Å². The van der Waals surface area contributed by atoms with Crippen LogP contribution in [-0.2, 0) is 14.6 Å². The van der Waals surface area contributed by atoms with Crippen LogP contribution in [0, 0.1) is 0 Å². The fourth-order valence-electron chi connectivity index (χ4n) is 0.928. The molecule has 1 rings (SSSR count). The summed E-state index contributed by atoms with van der Waals surface area (Å²) >= 11 is 5.46. The third-order valence-electron chi connectivity index (χ3n) is 1.70. The third kappa shape index (κ3) is 2.66. The summed E-state index contributed by atoms with van der Waals surface area (Å²) in [6.07, 6.45) is 1.13. The maximum absolute atomic E-state index is 12.2. The number of alkyl halides is 3. The molecule has 92 valence electrons. The van der Waals surface area contributed by atoms with Crippen molar-refractivity contribution >= 4 is 33.2 Å². The average Bonchev–Trinajstić information content (AvgIpc) is 2.19. The normalized spacial score (nSPS) is 12.0. The Bertz CT molecular complexity index is 591. The van der Waals surface area contributed by atoms with Crippen molar-refractivity contribution in [3.63, 3.8) is 0 Å². The molecule has 1 aromatic rings. The molecule has 0 saturated carbocycles. The van der Waals surface area contributed by atoms with Crippen LogP contribution in [0.5, 0.6) is 0 Å². The van der Waals surface area contributed by atoms with Crippen LogP contribution in [0.4, 0.5) is 18.9 Å². The zero-order chi connectivity index (χ0) is 13.3. The SMILES string of the molecule is O=C=Nc1ccc(S(=O)(=O)C(F)(F)F)cc1Cl. The van der Waals surface area contributed by atoms with Gasteiger partial charge in [0.25, 0.3) is 9.84 Å². The number of rotatable bonds is 2. The van der Waals surface area contributed by atoms with E-state index >= 15 is 0 Å². The van der Waals surface area contributed by atoms with Crippen molar-refractivity contribution in [2.45, 2.75) is 10.4 Å². The summed E-state index contributed by atoms with van der Waals surface area (Å²) in [4.78, 5) is 12.0. The minimum Gasteiger partial charge on any atom is -0.214 e. The van der Waals surface area contributed by atoms with Crippen LogP contribution in [0.2, 0.25) is 5.02 Å². The van der Waals surface area contributed by atoms with E-state index in [2.05, 4.69) is 4.99 Å². The van der Waals surface area contributed by atoms with E-state index in [0.29, 0.717) is 12.1 Å². The van der Waals surface area contributed by atoms with Gasteiger partial charge in [-0.2, -0.15) is 18.2 Å². The summed E-state index contributed by atoms with van der Waals surface area (Å²) in [5, 5.41) is -0.390. The first-order chi connectivity index (χ1) is 7.70. The highest BCUT2D eigenvalue weighted by Gasteiger charge is 2.46. The second kappa shape index (κ2) is 4.48. The summed E-state index contributed by atoms with van der Waals surface area (Å²) < 4.78 is 58.5. The Labute approximate surface area is 98.6 Å². The number of nitrogens with zero attached hydrogens (tertiary/aromatic N) is 1. The lowest BCUT2D eigenvalue weighted by atomic mass is 10.3. The average molecular weight is 286 g/mol. The molecule has 0 saturated heterocycles. The van der Waals surface area contributed by atoms with Gasteiger partial charge in [0.1, 0.15) is 0 Å². The Balaban J connectivity index is 3.38. The molecule has 0 aromatic heterocycles. The van der Waals surface area contributed by atoms with Crippen molar-refractivity contribution in [1.82, 2.24) is 0 Å². The lowest BCUT2D eigenvalue weighted by Gasteiger charge is -2.08. The molecule has 1 aromatic carbocycles. The summed E-state index contributed by atoms with van der Waals surface area (Å²) in [7, 11) is -5.46. The van der Waals surface area contributed by atoms with Crippen molar-refractivity contribution in [2.24, 2.45) is 4.99 Å². The maximum Gasteiger partial charge on any atom is 0.501 e. The zero-order valence-electron chi connectivity index (χ0n) is 7.82. The molecule has 0 radical (unpaired) electrons. The Kier molecular flexibility index (Phi) is 3.61. The predicted molar refractivity (Wildman–Crippen MR) is 52.5 cm³/mol. The first kappa shape index (κ1) is 13.7. The van der Waals surface area contributed by atoms with Gasteiger partial charge in [0.15, 0.2) is 0 Å². The first-order valence-corrected chi connectivity index (χ1v) is 5.75. The van der Waals surface area contributed by atoms with Crippen molar-refractivity contribution in [3.8, 4) is 0 Å². The Morgan fingerprint density at radius 2 is 1.88 bits per heavy atom. The number of hydrogen-bond acceptors (Lipinski definition) is 4. The summed E-state index contributed by atoms with van der Waals surface area (Å²) in [5.41, 5.74) is -5.58. The van der Waals surface area contributed by atoms with E-state index in [1.165, 1.54) is 0 Å². The predicted octanol–water partition coefficient (Wildman–Crippen LogP) is 2.60. The van der Waals surface area contributed by atoms with Gasteiger partial charge in [-0.05, 0) is 18.2 Å². The molecule has 9 heteroatoms. The molecule has 0 bridgehead atoms. The molecular formula is C8H3ClF3NO3S. The number of isocyanates is 1. The molecule has 17 heavy (non-hydrogen) atoms. The van der Waals surface area contributed by atoms with E-state index in [4.69, 9.17) is 11.6 Å². The molecule has 0 aliphatic carbocycles. The second-order valence-corrected chi connectivity index (χ2v) is 5.11. The lowest BCUT2D eigenvalue weighted by molar-refractivity contribution is -0.0436. The fourth-order valence-corrected chi connectivity index (χ4v) is 2.00. The smallest absolute Gasteiger partial charge is 0.214 e. The number of aliphatic imine (C=N–C) groups is 1. The van der Waals surface area contributed by atoms with E-state index in [1.54, 1.807) is 0 Å². The van der Waals surface area contributed by atoms with Crippen molar-refractivity contribution in [2.75, 3.05) is 0 Å². The Morgan fingerprint density at radius 1 is 1.29 bits per heavy atom.